The van der Waals surface area contributed by atoms with Gasteiger partial charge in [-0.2, -0.15) is 0 Å². The van der Waals surface area contributed by atoms with Crippen molar-refractivity contribution in [1.29, 1.82) is 0 Å². The van der Waals surface area contributed by atoms with Crippen LogP contribution in [-0.4, -0.2) is 54.3 Å². The summed E-state index contributed by atoms with van der Waals surface area (Å²) >= 11 is 0. The van der Waals surface area contributed by atoms with Gasteiger partial charge in [0.1, 0.15) is 5.56 Å². The average molecular weight is 418 g/mol. The van der Waals surface area contributed by atoms with Gasteiger partial charge >= 0.3 is 5.97 Å². The second-order valence-electron chi connectivity index (χ2n) is 8.08. The van der Waals surface area contributed by atoms with E-state index < -0.39 is 23.2 Å². The zero-order valence-corrected chi connectivity index (χ0v) is 17.8. The summed E-state index contributed by atoms with van der Waals surface area (Å²) < 4.78 is 18.5. The van der Waals surface area contributed by atoms with Crippen LogP contribution in [0.15, 0.2) is 10.9 Å². The largest absolute Gasteiger partial charge is 0.462 e. The molecule has 8 nitrogen and oxygen atoms in total. The van der Waals surface area contributed by atoms with E-state index in [2.05, 4.69) is 0 Å². The molecule has 3 aliphatic heterocycles. The highest BCUT2D eigenvalue weighted by atomic mass is 16.7. The summed E-state index contributed by atoms with van der Waals surface area (Å²) in [5, 5.41) is 0. The van der Waals surface area contributed by atoms with Crippen LogP contribution in [0.5, 0.6) is 0 Å². The summed E-state index contributed by atoms with van der Waals surface area (Å²) in [6.07, 6.45) is 4.06. The summed E-state index contributed by atoms with van der Waals surface area (Å²) in [4.78, 5) is 41.4. The minimum absolute atomic E-state index is 0.0344. The molecule has 0 aromatic carbocycles. The predicted molar refractivity (Wildman–Crippen MR) is 108 cm³/mol. The van der Waals surface area contributed by atoms with Gasteiger partial charge in [0, 0.05) is 26.1 Å². The highest BCUT2D eigenvalue weighted by Gasteiger charge is 2.47. The van der Waals surface area contributed by atoms with E-state index in [0.717, 1.165) is 19.3 Å². The third kappa shape index (κ3) is 3.46. The molecule has 164 valence electrons. The number of aromatic nitrogens is 1. The van der Waals surface area contributed by atoms with Gasteiger partial charge < -0.3 is 23.7 Å². The SMILES string of the molecule is CCOC(=O)c1c(C(CC)C(=O)N2CCCCC2)cc2n(c1=O)CCC21OCCO1. The molecular formula is C22H30N2O6. The first-order chi connectivity index (χ1) is 14.5. The molecule has 0 radical (unpaired) electrons. The van der Waals surface area contributed by atoms with Crippen LogP contribution in [0.3, 0.4) is 0 Å². The number of likely N-dealkylation sites (tertiary alicyclic amines) is 1. The minimum atomic E-state index is -0.965. The highest BCUT2D eigenvalue weighted by Crippen LogP contribution is 2.41. The molecule has 1 aromatic rings. The van der Waals surface area contributed by atoms with Gasteiger partial charge in [-0.05, 0) is 44.2 Å². The Labute approximate surface area is 176 Å². The van der Waals surface area contributed by atoms with Crippen molar-refractivity contribution in [3.05, 3.63) is 33.2 Å². The lowest BCUT2D eigenvalue weighted by atomic mass is 9.89. The normalized spacial score (nSPS) is 20.9. The molecule has 4 rings (SSSR count). The zero-order valence-electron chi connectivity index (χ0n) is 17.8. The molecule has 2 saturated heterocycles. The fraction of sp³-hybridized carbons (Fsp3) is 0.682. The summed E-state index contributed by atoms with van der Waals surface area (Å²) in [5.41, 5.74) is 0.566. The van der Waals surface area contributed by atoms with E-state index in [1.54, 1.807) is 17.6 Å². The van der Waals surface area contributed by atoms with Crippen molar-refractivity contribution in [1.82, 2.24) is 9.47 Å². The van der Waals surface area contributed by atoms with E-state index in [1.807, 2.05) is 11.8 Å². The van der Waals surface area contributed by atoms with E-state index in [1.165, 1.54) is 0 Å². The molecule has 1 aromatic heterocycles. The van der Waals surface area contributed by atoms with Crippen molar-refractivity contribution in [2.75, 3.05) is 32.9 Å². The third-order valence-electron chi connectivity index (χ3n) is 6.37. The van der Waals surface area contributed by atoms with Gasteiger partial charge in [0.15, 0.2) is 0 Å². The molecule has 0 aliphatic carbocycles. The summed E-state index contributed by atoms with van der Waals surface area (Å²) in [5.74, 6) is -2.26. The molecule has 0 saturated carbocycles. The van der Waals surface area contributed by atoms with Crippen LogP contribution in [-0.2, 0) is 31.3 Å². The summed E-state index contributed by atoms with van der Waals surface area (Å²) in [7, 11) is 0. The third-order valence-corrected chi connectivity index (χ3v) is 6.37. The molecule has 3 aliphatic rings. The molecule has 2 fully saturated rings. The number of pyridine rings is 1. The Bertz CT molecular complexity index is 880. The van der Waals surface area contributed by atoms with E-state index in [0.29, 0.717) is 56.9 Å². The van der Waals surface area contributed by atoms with Crippen molar-refractivity contribution in [3.63, 3.8) is 0 Å². The van der Waals surface area contributed by atoms with Crippen LogP contribution in [0.25, 0.3) is 0 Å². The van der Waals surface area contributed by atoms with Crippen molar-refractivity contribution < 1.29 is 23.8 Å². The van der Waals surface area contributed by atoms with Crippen LogP contribution < -0.4 is 5.56 Å². The molecule has 0 N–H and O–H groups in total. The van der Waals surface area contributed by atoms with Gasteiger partial charge in [-0.15, -0.1) is 0 Å². The summed E-state index contributed by atoms with van der Waals surface area (Å²) in [6, 6.07) is 1.78. The van der Waals surface area contributed by atoms with Crippen molar-refractivity contribution >= 4 is 11.9 Å². The molecule has 1 atom stereocenters. The molecule has 1 amide bonds. The topological polar surface area (TPSA) is 87.1 Å². The first-order valence-electron chi connectivity index (χ1n) is 11.0. The fourth-order valence-electron chi connectivity index (χ4n) is 4.88. The van der Waals surface area contributed by atoms with Crippen molar-refractivity contribution in [2.24, 2.45) is 0 Å². The predicted octanol–water partition coefficient (Wildman–Crippen LogP) is 2.13. The van der Waals surface area contributed by atoms with Gasteiger partial charge in [-0.1, -0.05) is 6.92 Å². The maximum absolute atomic E-state index is 13.4. The van der Waals surface area contributed by atoms with Crippen LogP contribution >= 0.6 is 0 Å². The van der Waals surface area contributed by atoms with E-state index in [4.69, 9.17) is 14.2 Å². The Kier molecular flexibility index (Phi) is 5.97. The number of fused-ring (bicyclic) bond motifs is 2. The molecular weight excluding hydrogens is 388 g/mol. The molecule has 30 heavy (non-hydrogen) atoms. The Morgan fingerprint density at radius 2 is 1.83 bits per heavy atom. The van der Waals surface area contributed by atoms with Crippen LogP contribution in [0.1, 0.15) is 73.5 Å². The number of carbonyl (C=O) groups is 2. The average Bonchev–Trinajstić information content (AvgIpc) is 3.38. The number of esters is 1. The first-order valence-corrected chi connectivity index (χ1v) is 11.0. The highest BCUT2D eigenvalue weighted by molar-refractivity contribution is 5.94. The maximum Gasteiger partial charge on any atom is 0.344 e. The van der Waals surface area contributed by atoms with Gasteiger partial charge in [0.25, 0.3) is 5.56 Å². The number of amides is 1. The zero-order chi connectivity index (χ0) is 21.3. The smallest absolute Gasteiger partial charge is 0.344 e. The second kappa shape index (κ2) is 8.51. The number of hydrogen-bond acceptors (Lipinski definition) is 6. The number of hydrogen-bond donors (Lipinski definition) is 0. The Morgan fingerprint density at radius 1 is 1.13 bits per heavy atom. The first kappa shape index (κ1) is 21.1. The Balaban J connectivity index is 1.83. The van der Waals surface area contributed by atoms with Crippen molar-refractivity contribution in [3.8, 4) is 0 Å². The summed E-state index contributed by atoms with van der Waals surface area (Å²) in [6.45, 7) is 6.50. The molecule has 8 heteroatoms. The number of ether oxygens (including phenoxy) is 3. The second-order valence-corrected chi connectivity index (χ2v) is 8.08. The Hall–Kier alpha value is -2.19. The quantitative estimate of drug-likeness (QED) is 0.681. The van der Waals surface area contributed by atoms with E-state index in [-0.39, 0.29) is 18.1 Å². The Morgan fingerprint density at radius 3 is 2.47 bits per heavy atom. The standard InChI is InChI=1S/C22H30N2O6/c1-3-15(19(25)23-9-6-5-7-10-23)16-14-17-22(29-12-13-30-22)8-11-24(17)20(26)18(16)21(27)28-4-2/h14-15H,3-13H2,1-2H3. The van der Waals surface area contributed by atoms with Gasteiger partial charge in [0.05, 0.1) is 31.4 Å². The van der Waals surface area contributed by atoms with Gasteiger partial charge in [-0.25, -0.2) is 4.79 Å². The number of carbonyl (C=O) groups excluding carboxylic acids is 2. The van der Waals surface area contributed by atoms with E-state index >= 15 is 0 Å². The lowest BCUT2D eigenvalue weighted by molar-refractivity contribution is -0.163. The molecule has 0 bridgehead atoms. The number of nitrogens with zero attached hydrogens (tertiary/aromatic N) is 2. The lowest BCUT2D eigenvalue weighted by Crippen LogP contribution is -2.40. The minimum Gasteiger partial charge on any atom is -0.462 e. The lowest BCUT2D eigenvalue weighted by Gasteiger charge is -2.31. The van der Waals surface area contributed by atoms with Gasteiger partial charge in [-0.3, -0.25) is 9.59 Å². The van der Waals surface area contributed by atoms with E-state index in [9.17, 15) is 14.4 Å². The van der Waals surface area contributed by atoms with Gasteiger partial charge in [0.2, 0.25) is 11.7 Å². The van der Waals surface area contributed by atoms with Crippen LogP contribution in [0, 0.1) is 0 Å². The molecule has 4 heterocycles. The molecule has 1 spiro atoms. The number of piperidine rings is 1. The van der Waals surface area contributed by atoms with Crippen molar-refractivity contribution in [2.45, 2.75) is 64.2 Å². The maximum atomic E-state index is 13.4. The number of rotatable bonds is 5. The van der Waals surface area contributed by atoms with Crippen LogP contribution in [0.4, 0.5) is 0 Å². The molecule has 1 unspecified atom stereocenters. The monoisotopic (exact) mass is 418 g/mol. The van der Waals surface area contributed by atoms with Crippen LogP contribution in [0.2, 0.25) is 0 Å². The fourth-order valence-corrected chi connectivity index (χ4v) is 4.88.